The highest BCUT2D eigenvalue weighted by Crippen LogP contribution is 2.30. The van der Waals surface area contributed by atoms with E-state index < -0.39 is 0 Å². The summed E-state index contributed by atoms with van der Waals surface area (Å²) in [5.41, 5.74) is 3.59. The van der Waals surface area contributed by atoms with Gasteiger partial charge in [0.1, 0.15) is 5.75 Å². The molecule has 1 aromatic carbocycles. The SMILES string of the molecule is CNCC(CNc1c(C)cc(C)cc1OC)C(C)C. The highest BCUT2D eigenvalue weighted by molar-refractivity contribution is 5.63. The third-order valence-corrected chi connectivity index (χ3v) is 3.61. The van der Waals surface area contributed by atoms with E-state index in [1.54, 1.807) is 7.11 Å². The van der Waals surface area contributed by atoms with E-state index in [1.807, 2.05) is 7.05 Å². The molecule has 19 heavy (non-hydrogen) atoms. The molecular formula is C16H28N2O. The molecule has 1 unspecified atom stereocenters. The summed E-state index contributed by atoms with van der Waals surface area (Å²) in [4.78, 5) is 0. The number of nitrogens with one attached hydrogen (secondary N) is 2. The van der Waals surface area contributed by atoms with Gasteiger partial charge in [0.05, 0.1) is 12.8 Å². The Labute approximate surface area is 117 Å². The molecule has 1 aromatic rings. The first kappa shape index (κ1) is 15.8. The van der Waals surface area contributed by atoms with Crippen LogP contribution in [0.4, 0.5) is 5.69 Å². The number of aryl methyl sites for hydroxylation is 2. The Hall–Kier alpha value is -1.22. The van der Waals surface area contributed by atoms with Crippen molar-refractivity contribution in [1.29, 1.82) is 0 Å². The molecule has 0 saturated carbocycles. The molecule has 0 radical (unpaired) electrons. The first-order chi connectivity index (χ1) is 8.99. The lowest BCUT2D eigenvalue weighted by Gasteiger charge is -2.23. The first-order valence-electron chi connectivity index (χ1n) is 7.03. The Morgan fingerprint density at radius 1 is 1.16 bits per heavy atom. The second kappa shape index (κ2) is 7.39. The van der Waals surface area contributed by atoms with Gasteiger partial charge in [0.25, 0.3) is 0 Å². The molecule has 2 N–H and O–H groups in total. The van der Waals surface area contributed by atoms with E-state index in [0.717, 1.165) is 24.5 Å². The summed E-state index contributed by atoms with van der Waals surface area (Å²) in [6, 6.07) is 4.27. The predicted molar refractivity (Wildman–Crippen MR) is 83.2 cm³/mol. The average molecular weight is 264 g/mol. The molecule has 0 fully saturated rings. The van der Waals surface area contributed by atoms with Gasteiger partial charge < -0.3 is 15.4 Å². The minimum absolute atomic E-state index is 0.607. The van der Waals surface area contributed by atoms with Gasteiger partial charge in [0, 0.05) is 6.54 Å². The van der Waals surface area contributed by atoms with Crippen LogP contribution in [0.1, 0.15) is 25.0 Å². The smallest absolute Gasteiger partial charge is 0.142 e. The van der Waals surface area contributed by atoms with Crippen LogP contribution in [-0.4, -0.2) is 27.2 Å². The largest absolute Gasteiger partial charge is 0.495 e. The Morgan fingerprint density at radius 2 is 1.84 bits per heavy atom. The number of anilines is 1. The second-order valence-electron chi connectivity index (χ2n) is 5.60. The van der Waals surface area contributed by atoms with E-state index in [0.29, 0.717) is 11.8 Å². The maximum atomic E-state index is 5.48. The zero-order valence-corrected chi connectivity index (χ0v) is 13.1. The molecular weight excluding hydrogens is 236 g/mol. The summed E-state index contributed by atoms with van der Waals surface area (Å²) in [6.07, 6.45) is 0. The average Bonchev–Trinajstić information content (AvgIpc) is 2.35. The van der Waals surface area contributed by atoms with E-state index in [1.165, 1.54) is 11.1 Å². The zero-order valence-electron chi connectivity index (χ0n) is 13.1. The molecule has 1 atom stereocenters. The van der Waals surface area contributed by atoms with E-state index >= 15 is 0 Å². The molecule has 0 heterocycles. The normalized spacial score (nSPS) is 12.6. The monoisotopic (exact) mass is 264 g/mol. The second-order valence-corrected chi connectivity index (χ2v) is 5.60. The number of benzene rings is 1. The van der Waals surface area contributed by atoms with Crippen molar-refractivity contribution in [1.82, 2.24) is 5.32 Å². The third-order valence-electron chi connectivity index (χ3n) is 3.61. The highest BCUT2D eigenvalue weighted by atomic mass is 16.5. The summed E-state index contributed by atoms with van der Waals surface area (Å²) in [6.45, 7) is 10.7. The summed E-state index contributed by atoms with van der Waals surface area (Å²) in [5, 5.41) is 6.83. The Morgan fingerprint density at radius 3 is 2.37 bits per heavy atom. The molecule has 0 saturated heterocycles. The van der Waals surface area contributed by atoms with E-state index in [4.69, 9.17) is 4.74 Å². The van der Waals surface area contributed by atoms with Crippen molar-refractivity contribution in [2.24, 2.45) is 11.8 Å². The first-order valence-corrected chi connectivity index (χ1v) is 7.03. The number of hydrogen-bond donors (Lipinski definition) is 2. The Balaban J connectivity index is 2.81. The van der Waals surface area contributed by atoms with Crippen LogP contribution in [0.15, 0.2) is 12.1 Å². The van der Waals surface area contributed by atoms with E-state index in [-0.39, 0.29) is 0 Å². The van der Waals surface area contributed by atoms with Crippen LogP contribution in [0.3, 0.4) is 0 Å². The molecule has 3 nitrogen and oxygen atoms in total. The van der Waals surface area contributed by atoms with Gasteiger partial charge in [-0.2, -0.15) is 0 Å². The quantitative estimate of drug-likeness (QED) is 0.793. The van der Waals surface area contributed by atoms with E-state index in [2.05, 4.69) is 50.5 Å². The lowest BCUT2D eigenvalue weighted by molar-refractivity contribution is 0.388. The summed E-state index contributed by atoms with van der Waals surface area (Å²) in [5.74, 6) is 2.19. The fourth-order valence-corrected chi connectivity index (χ4v) is 2.36. The van der Waals surface area contributed by atoms with Crippen LogP contribution in [0, 0.1) is 25.7 Å². The Bertz CT molecular complexity index is 402. The summed E-state index contributed by atoms with van der Waals surface area (Å²) in [7, 11) is 3.74. The van der Waals surface area contributed by atoms with Crippen molar-refractivity contribution in [2.75, 3.05) is 32.6 Å². The predicted octanol–water partition coefficient (Wildman–Crippen LogP) is 3.22. The topological polar surface area (TPSA) is 33.3 Å². The molecule has 1 rings (SSSR count). The van der Waals surface area contributed by atoms with Gasteiger partial charge in [-0.1, -0.05) is 19.9 Å². The molecule has 3 heteroatoms. The van der Waals surface area contributed by atoms with Crippen LogP contribution in [0.25, 0.3) is 0 Å². The minimum Gasteiger partial charge on any atom is -0.495 e. The standard InChI is InChI=1S/C16H28N2O/c1-11(2)14(9-17-5)10-18-16-13(4)7-12(3)8-15(16)19-6/h7-8,11,14,17-18H,9-10H2,1-6H3. The third kappa shape index (κ3) is 4.43. The lowest BCUT2D eigenvalue weighted by Crippen LogP contribution is -2.29. The molecule has 0 spiro atoms. The van der Waals surface area contributed by atoms with Gasteiger partial charge in [-0.3, -0.25) is 0 Å². The highest BCUT2D eigenvalue weighted by Gasteiger charge is 2.14. The molecule has 0 amide bonds. The fourth-order valence-electron chi connectivity index (χ4n) is 2.36. The summed E-state index contributed by atoms with van der Waals surface area (Å²) < 4.78 is 5.48. The van der Waals surface area contributed by atoms with Gasteiger partial charge in [-0.25, -0.2) is 0 Å². The molecule has 0 bridgehead atoms. The molecule has 108 valence electrons. The molecule has 0 aliphatic rings. The zero-order chi connectivity index (χ0) is 14.4. The van der Waals surface area contributed by atoms with Gasteiger partial charge in [-0.15, -0.1) is 0 Å². The van der Waals surface area contributed by atoms with Crippen molar-refractivity contribution in [3.05, 3.63) is 23.3 Å². The lowest BCUT2D eigenvalue weighted by atomic mass is 9.95. The molecule has 0 aromatic heterocycles. The van der Waals surface area contributed by atoms with Crippen LogP contribution >= 0.6 is 0 Å². The number of hydrogen-bond acceptors (Lipinski definition) is 3. The number of methoxy groups -OCH3 is 1. The van der Waals surface area contributed by atoms with Gasteiger partial charge in [0.2, 0.25) is 0 Å². The number of rotatable bonds is 7. The molecule has 0 aliphatic carbocycles. The molecule has 0 aliphatic heterocycles. The Kier molecular flexibility index (Phi) is 6.16. The fraction of sp³-hybridized carbons (Fsp3) is 0.625. The summed E-state index contributed by atoms with van der Waals surface area (Å²) >= 11 is 0. The van der Waals surface area contributed by atoms with Crippen molar-refractivity contribution >= 4 is 5.69 Å². The van der Waals surface area contributed by atoms with Gasteiger partial charge >= 0.3 is 0 Å². The van der Waals surface area contributed by atoms with Crippen molar-refractivity contribution in [2.45, 2.75) is 27.7 Å². The van der Waals surface area contributed by atoms with Crippen molar-refractivity contribution in [3.8, 4) is 5.75 Å². The van der Waals surface area contributed by atoms with Crippen LogP contribution in [0.5, 0.6) is 5.75 Å². The van der Waals surface area contributed by atoms with Crippen molar-refractivity contribution in [3.63, 3.8) is 0 Å². The van der Waals surface area contributed by atoms with E-state index in [9.17, 15) is 0 Å². The number of ether oxygens (including phenoxy) is 1. The minimum atomic E-state index is 0.607. The van der Waals surface area contributed by atoms with Crippen molar-refractivity contribution < 1.29 is 4.74 Å². The maximum Gasteiger partial charge on any atom is 0.142 e. The van der Waals surface area contributed by atoms with Crippen LogP contribution < -0.4 is 15.4 Å². The van der Waals surface area contributed by atoms with Crippen LogP contribution in [0.2, 0.25) is 0 Å². The van der Waals surface area contributed by atoms with Crippen LogP contribution in [-0.2, 0) is 0 Å². The van der Waals surface area contributed by atoms with Gasteiger partial charge in [-0.05, 0) is 56.5 Å². The van der Waals surface area contributed by atoms with Gasteiger partial charge in [0.15, 0.2) is 0 Å². The maximum absolute atomic E-state index is 5.48.